The summed E-state index contributed by atoms with van der Waals surface area (Å²) in [5.41, 5.74) is 2.43. The summed E-state index contributed by atoms with van der Waals surface area (Å²) in [5.74, 6) is 0. The van der Waals surface area contributed by atoms with E-state index in [2.05, 4.69) is 42.6 Å². The molecule has 2 nitrogen and oxygen atoms in total. The van der Waals surface area contributed by atoms with Crippen molar-refractivity contribution in [1.82, 2.24) is 5.32 Å². The number of nitriles is 1. The van der Waals surface area contributed by atoms with E-state index < -0.39 is 0 Å². The predicted molar refractivity (Wildman–Crippen MR) is 78.8 cm³/mol. The molecule has 1 aromatic carbocycles. The minimum Gasteiger partial charge on any atom is -0.295 e. The predicted octanol–water partition coefficient (Wildman–Crippen LogP) is 4.13. The topological polar surface area (TPSA) is 35.8 Å². The minimum absolute atomic E-state index is 0.158. The number of rotatable bonds is 4. The minimum atomic E-state index is -0.158. The third-order valence-electron chi connectivity index (χ3n) is 4.11. The van der Waals surface area contributed by atoms with Crippen molar-refractivity contribution in [2.45, 2.75) is 64.0 Å². The number of hydrogen-bond acceptors (Lipinski definition) is 2. The van der Waals surface area contributed by atoms with E-state index in [1.807, 2.05) is 0 Å². The van der Waals surface area contributed by atoms with Crippen molar-refractivity contribution in [2.24, 2.45) is 0 Å². The van der Waals surface area contributed by atoms with Gasteiger partial charge in [0, 0.05) is 6.04 Å². The first kappa shape index (κ1) is 14.1. The third kappa shape index (κ3) is 4.08. The summed E-state index contributed by atoms with van der Waals surface area (Å²) in [7, 11) is 0. The summed E-state index contributed by atoms with van der Waals surface area (Å²) >= 11 is 0. The fourth-order valence-corrected chi connectivity index (χ4v) is 2.84. The number of nitrogens with zero attached hydrogens (tertiary/aromatic N) is 1. The first-order valence-electron chi connectivity index (χ1n) is 7.58. The second-order valence-electron chi connectivity index (χ2n) is 5.51. The molecule has 0 aromatic heterocycles. The molecule has 19 heavy (non-hydrogen) atoms. The van der Waals surface area contributed by atoms with E-state index >= 15 is 0 Å². The van der Waals surface area contributed by atoms with Gasteiger partial charge in [-0.15, -0.1) is 0 Å². The zero-order valence-electron chi connectivity index (χ0n) is 11.9. The highest BCUT2D eigenvalue weighted by Crippen LogP contribution is 2.21. The lowest BCUT2D eigenvalue weighted by Gasteiger charge is -2.20. The van der Waals surface area contributed by atoms with Gasteiger partial charge in [0.1, 0.15) is 6.04 Å². The van der Waals surface area contributed by atoms with Crippen LogP contribution in [0.1, 0.15) is 62.6 Å². The SMILES string of the molecule is CCc1ccc(C(C#N)NC2CCCCCC2)cc1. The maximum absolute atomic E-state index is 9.39. The summed E-state index contributed by atoms with van der Waals surface area (Å²) in [6, 6.07) is 11.2. The van der Waals surface area contributed by atoms with E-state index in [-0.39, 0.29) is 6.04 Å². The van der Waals surface area contributed by atoms with Crippen LogP contribution in [0.4, 0.5) is 0 Å². The highest BCUT2D eigenvalue weighted by atomic mass is 14.9. The van der Waals surface area contributed by atoms with Gasteiger partial charge >= 0.3 is 0 Å². The lowest BCUT2D eigenvalue weighted by atomic mass is 10.0. The molecular weight excluding hydrogens is 232 g/mol. The van der Waals surface area contributed by atoms with Gasteiger partial charge in [0.15, 0.2) is 0 Å². The Hall–Kier alpha value is -1.33. The first-order chi connectivity index (χ1) is 9.33. The Morgan fingerprint density at radius 1 is 1.16 bits per heavy atom. The van der Waals surface area contributed by atoms with Crippen molar-refractivity contribution < 1.29 is 0 Å². The Morgan fingerprint density at radius 3 is 2.32 bits per heavy atom. The molecule has 2 rings (SSSR count). The lowest BCUT2D eigenvalue weighted by Crippen LogP contribution is -2.31. The maximum atomic E-state index is 9.39. The normalized spacial score (nSPS) is 18.5. The highest BCUT2D eigenvalue weighted by molar-refractivity contribution is 5.28. The van der Waals surface area contributed by atoms with E-state index in [1.165, 1.54) is 44.1 Å². The third-order valence-corrected chi connectivity index (χ3v) is 4.11. The molecular formula is C17H24N2. The molecule has 0 bridgehead atoms. The van der Waals surface area contributed by atoms with Gasteiger partial charge in [-0.05, 0) is 30.4 Å². The monoisotopic (exact) mass is 256 g/mol. The Kier molecular flexibility index (Phi) is 5.42. The molecule has 1 aliphatic rings. The van der Waals surface area contributed by atoms with Gasteiger partial charge in [-0.3, -0.25) is 5.32 Å². The molecule has 0 aliphatic heterocycles. The molecule has 102 valence electrons. The summed E-state index contributed by atoms with van der Waals surface area (Å²) < 4.78 is 0. The average molecular weight is 256 g/mol. The van der Waals surface area contributed by atoms with E-state index in [0.717, 1.165) is 12.0 Å². The number of aryl methyl sites for hydroxylation is 1. The summed E-state index contributed by atoms with van der Waals surface area (Å²) in [5, 5.41) is 12.9. The van der Waals surface area contributed by atoms with Gasteiger partial charge in [-0.1, -0.05) is 56.9 Å². The van der Waals surface area contributed by atoms with Gasteiger partial charge < -0.3 is 0 Å². The Balaban J connectivity index is 2.00. The first-order valence-corrected chi connectivity index (χ1v) is 7.58. The molecule has 1 aromatic rings. The average Bonchev–Trinajstić information content (AvgIpc) is 2.73. The molecule has 0 radical (unpaired) electrons. The summed E-state index contributed by atoms with van der Waals surface area (Å²) in [6.45, 7) is 2.15. The Labute approximate surface area is 116 Å². The van der Waals surface area contributed by atoms with Gasteiger partial charge in [0.05, 0.1) is 6.07 Å². The van der Waals surface area contributed by atoms with Crippen LogP contribution in [0.15, 0.2) is 24.3 Å². The molecule has 1 fully saturated rings. The van der Waals surface area contributed by atoms with Crippen LogP contribution < -0.4 is 5.32 Å². The zero-order chi connectivity index (χ0) is 13.5. The Bertz CT molecular complexity index is 408. The van der Waals surface area contributed by atoms with Crippen molar-refractivity contribution in [1.29, 1.82) is 5.26 Å². The Morgan fingerprint density at radius 2 is 1.79 bits per heavy atom. The zero-order valence-corrected chi connectivity index (χ0v) is 11.9. The molecule has 0 amide bonds. The molecule has 1 N–H and O–H groups in total. The molecule has 0 saturated heterocycles. The largest absolute Gasteiger partial charge is 0.295 e. The second-order valence-corrected chi connectivity index (χ2v) is 5.51. The second kappa shape index (κ2) is 7.31. The molecule has 1 aliphatic carbocycles. The molecule has 1 saturated carbocycles. The van der Waals surface area contributed by atoms with Crippen LogP contribution in [-0.2, 0) is 6.42 Å². The summed E-state index contributed by atoms with van der Waals surface area (Å²) in [6.07, 6.45) is 8.76. The molecule has 0 heterocycles. The van der Waals surface area contributed by atoms with Gasteiger partial charge in [0.25, 0.3) is 0 Å². The van der Waals surface area contributed by atoms with E-state index in [4.69, 9.17) is 0 Å². The fraction of sp³-hybridized carbons (Fsp3) is 0.588. The van der Waals surface area contributed by atoms with Gasteiger partial charge in [-0.25, -0.2) is 0 Å². The van der Waals surface area contributed by atoms with Gasteiger partial charge in [-0.2, -0.15) is 5.26 Å². The van der Waals surface area contributed by atoms with Crippen molar-refractivity contribution in [3.8, 4) is 6.07 Å². The van der Waals surface area contributed by atoms with E-state index in [9.17, 15) is 5.26 Å². The molecule has 1 atom stereocenters. The van der Waals surface area contributed by atoms with Crippen LogP contribution in [0.2, 0.25) is 0 Å². The van der Waals surface area contributed by atoms with Crippen LogP contribution in [0.3, 0.4) is 0 Å². The number of nitrogens with one attached hydrogen (secondary N) is 1. The van der Waals surface area contributed by atoms with Crippen molar-refractivity contribution in [3.05, 3.63) is 35.4 Å². The molecule has 0 spiro atoms. The van der Waals surface area contributed by atoms with Crippen molar-refractivity contribution >= 4 is 0 Å². The maximum Gasteiger partial charge on any atom is 0.121 e. The molecule has 2 heteroatoms. The van der Waals surface area contributed by atoms with Crippen LogP contribution in [0, 0.1) is 11.3 Å². The number of hydrogen-bond donors (Lipinski definition) is 1. The van der Waals surface area contributed by atoms with Crippen molar-refractivity contribution in [3.63, 3.8) is 0 Å². The van der Waals surface area contributed by atoms with Crippen LogP contribution >= 0.6 is 0 Å². The van der Waals surface area contributed by atoms with Crippen LogP contribution in [0.5, 0.6) is 0 Å². The quantitative estimate of drug-likeness (QED) is 0.822. The fourth-order valence-electron chi connectivity index (χ4n) is 2.84. The van der Waals surface area contributed by atoms with Gasteiger partial charge in [0.2, 0.25) is 0 Å². The summed E-state index contributed by atoms with van der Waals surface area (Å²) in [4.78, 5) is 0. The van der Waals surface area contributed by atoms with E-state index in [1.54, 1.807) is 0 Å². The number of benzene rings is 1. The standard InChI is InChI=1S/C17H24N2/c1-2-14-9-11-15(12-10-14)17(13-18)19-16-7-5-3-4-6-8-16/h9-12,16-17,19H,2-8H2,1H3. The lowest BCUT2D eigenvalue weighted by molar-refractivity contribution is 0.436. The van der Waals surface area contributed by atoms with Crippen molar-refractivity contribution in [2.75, 3.05) is 0 Å². The van der Waals surface area contributed by atoms with Crippen LogP contribution in [0.25, 0.3) is 0 Å². The van der Waals surface area contributed by atoms with Crippen LogP contribution in [-0.4, -0.2) is 6.04 Å². The molecule has 1 unspecified atom stereocenters. The highest BCUT2D eigenvalue weighted by Gasteiger charge is 2.17. The smallest absolute Gasteiger partial charge is 0.121 e. The van der Waals surface area contributed by atoms with E-state index in [0.29, 0.717) is 6.04 Å².